The van der Waals surface area contributed by atoms with E-state index in [1.807, 2.05) is 30.3 Å². The van der Waals surface area contributed by atoms with E-state index in [0.717, 1.165) is 10.9 Å². The van der Waals surface area contributed by atoms with Gasteiger partial charge >= 0.3 is 5.97 Å². The molecule has 18 heavy (non-hydrogen) atoms. The Morgan fingerprint density at radius 1 is 1.06 bits per heavy atom. The van der Waals surface area contributed by atoms with E-state index in [9.17, 15) is 9.90 Å². The predicted molar refractivity (Wildman–Crippen MR) is 68.6 cm³/mol. The molecule has 1 N–H and O–H groups in total. The second-order valence-electron chi connectivity index (χ2n) is 4.03. The molecule has 0 unspecified atom stereocenters. The van der Waals surface area contributed by atoms with Crippen molar-refractivity contribution in [2.24, 2.45) is 0 Å². The Bertz CT molecular complexity index is 711. The van der Waals surface area contributed by atoms with Crippen LogP contribution in [0.25, 0.3) is 22.1 Å². The number of aromatic carboxylic acids is 1. The van der Waals surface area contributed by atoms with Gasteiger partial charge in [-0.3, -0.25) is 0 Å². The number of carbonyl (C=O) groups is 1. The molecule has 3 rings (SSSR count). The first-order valence-electron chi connectivity index (χ1n) is 5.55. The fourth-order valence-corrected chi connectivity index (χ4v) is 2.04. The fraction of sp³-hybridized carbons (Fsp3) is 0. The highest BCUT2D eigenvalue weighted by atomic mass is 16.4. The molecule has 0 aliphatic heterocycles. The van der Waals surface area contributed by atoms with E-state index in [1.54, 1.807) is 24.5 Å². The van der Waals surface area contributed by atoms with Gasteiger partial charge in [0.05, 0.1) is 11.8 Å². The van der Waals surface area contributed by atoms with Gasteiger partial charge in [-0.1, -0.05) is 30.3 Å². The van der Waals surface area contributed by atoms with Crippen molar-refractivity contribution in [1.82, 2.24) is 0 Å². The average Bonchev–Trinajstić information content (AvgIpc) is 2.85. The minimum atomic E-state index is -0.933. The maximum Gasteiger partial charge on any atom is 0.336 e. The van der Waals surface area contributed by atoms with Gasteiger partial charge in [-0.2, -0.15) is 0 Å². The maximum absolute atomic E-state index is 11.3. The molecule has 0 aliphatic rings. The summed E-state index contributed by atoms with van der Waals surface area (Å²) in [5.74, 6) is -0.933. The molecule has 3 nitrogen and oxygen atoms in total. The SMILES string of the molecule is O=C(O)c1cc2ccoc2cc1-c1ccccc1. The summed E-state index contributed by atoms with van der Waals surface area (Å²) in [6, 6.07) is 14.6. The summed E-state index contributed by atoms with van der Waals surface area (Å²) < 4.78 is 5.32. The standard InChI is InChI=1S/C15H10O3/c16-15(17)13-8-11-6-7-18-14(11)9-12(13)10-4-2-1-3-5-10/h1-9H,(H,16,17). The average molecular weight is 238 g/mol. The molecule has 0 atom stereocenters. The highest BCUT2D eigenvalue weighted by Gasteiger charge is 2.14. The minimum Gasteiger partial charge on any atom is -0.478 e. The number of hydrogen-bond acceptors (Lipinski definition) is 2. The number of carboxylic acids is 1. The predicted octanol–water partition coefficient (Wildman–Crippen LogP) is 3.80. The molecule has 0 saturated heterocycles. The second kappa shape index (κ2) is 4.04. The Labute approximate surface area is 103 Å². The summed E-state index contributed by atoms with van der Waals surface area (Å²) in [5, 5.41) is 10.1. The van der Waals surface area contributed by atoms with Crippen LogP contribution < -0.4 is 0 Å². The van der Waals surface area contributed by atoms with Gasteiger partial charge < -0.3 is 9.52 Å². The molecule has 0 radical (unpaired) electrons. The minimum absolute atomic E-state index is 0.287. The number of furan rings is 1. The zero-order chi connectivity index (χ0) is 12.5. The van der Waals surface area contributed by atoms with Crippen LogP contribution in [0.2, 0.25) is 0 Å². The molecule has 2 aromatic carbocycles. The number of hydrogen-bond donors (Lipinski definition) is 1. The van der Waals surface area contributed by atoms with Gasteiger partial charge in [-0.25, -0.2) is 4.79 Å². The van der Waals surface area contributed by atoms with Crippen molar-refractivity contribution in [2.75, 3.05) is 0 Å². The van der Waals surface area contributed by atoms with Crippen molar-refractivity contribution >= 4 is 16.9 Å². The quantitative estimate of drug-likeness (QED) is 0.738. The first-order chi connectivity index (χ1) is 8.75. The van der Waals surface area contributed by atoms with Crippen molar-refractivity contribution in [2.45, 2.75) is 0 Å². The lowest BCUT2D eigenvalue weighted by Crippen LogP contribution is -1.99. The van der Waals surface area contributed by atoms with Crippen LogP contribution in [0.1, 0.15) is 10.4 Å². The van der Waals surface area contributed by atoms with Crippen LogP contribution in [0.15, 0.2) is 59.2 Å². The molecular weight excluding hydrogens is 228 g/mol. The van der Waals surface area contributed by atoms with Crippen LogP contribution in [-0.2, 0) is 0 Å². The lowest BCUT2D eigenvalue weighted by atomic mass is 9.98. The lowest BCUT2D eigenvalue weighted by Gasteiger charge is -2.06. The van der Waals surface area contributed by atoms with Crippen molar-refractivity contribution in [3.05, 3.63) is 60.4 Å². The molecule has 3 heteroatoms. The Kier molecular flexibility index (Phi) is 2.38. The monoisotopic (exact) mass is 238 g/mol. The maximum atomic E-state index is 11.3. The highest BCUT2D eigenvalue weighted by molar-refractivity contribution is 6.01. The zero-order valence-electron chi connectivity index (χ0n) is 9.46. The zero-order valence-corrected chi connectivity index (χ0v) is 9.46. The molecule has 0 bridgehead atoms. The van der Waals surface area contributed by atoms with Gasteiger partial charge in [0.2, 0.25) is 0 Å². The van der Waals surface area contributed by atoms with Crippen molar-refractivity contribution < 1.29 is 14.3 Å². The molecule has 1 heterocycles. The van der Waals surface area contributed by atoms with Crippen LogP contribution in [0, 0.1) is 0 Å². The largest absolute Gasteiger partial charge is 0.478 e. The Morgan fingerprint density at radius 2 is 1.83 bits per heavy atom. The van der Waals surface area contributed by atoms with E-state index in [2.05, 4.69) is 0 Å². The third-order valence-corrected chi connectivity index (χ3v) is 2.91. The highest BCUT2D eigenvalue weighted by Crippen LogP contribution is 2.29. The van der Waals surface area contributed by atoms with E-state index >= 15 is 0 Å². The second-order valence-corrected chi connectivity index (χ2v) is 4.03. The Hall–Kier alpha value is -2.55. The molecule has 0 amide bonds. The van der Waals surface area contributed by atoms with Crippen molar-refractivity contribution in [1.29, 1.82) is 0 Å². The Balaban J connectivity index is 2.32. The van der Waals surface area contributed by atoms with E-state index in [4.69, 9.17) is 4.42 Å². The summed E-state index contributed by atoms with van der Waals surface area (Å²) in [6.07, 6.45) is 1.56. The third-order valence-electron chi connectivity index (χ3n) is 2.91. The molecule has 88 valence electrons. The number of fused-ring (bicyclic) bond motifs is 1. The fourth-order valence-electron chi connectivity index (χ4n) is 2.04. The summed E-state index contributed by atoms with van der Waals surface area (Å²) >= 11 is 0. The van der Waals surface area contributed by atoms with Crippen LogP contribution in [0.4, 0.5) is 0 Å². The topological polar surface area (TPSA) is 50.4 Å². The van der Waals surface area contributed by atoms with Crippen molar-refractivity contribution in [3.63, 3.8) is 0 Å². The van der Waals surface area contributed by atoms with Crippen LogP contribution in [0.3, 0.4) is 0 Å². The first-order valence-corrected chi connectivity index (χ1v) is 5.55. The molecule has 3 aromatic rings. The smallest absolute Gasteiger partial charge is 0.336 e. The third kappa shape index (κ3) is 1.66. The van der Waals surface area contributed by atoms with E-state index in [0.29, 0.717) is 11.1 Å². The number of rotatable bonds is 2. The van der Waals surface area contributed by atoms with Gasteiger partial charge in [0.1, 0.15) is 5.58 Å². The molecule has 0 spiro atoms. The van der Waals surface area contributed by atoms with Gasteiger partial charge in [-0.15, -0.1) is 0 Å². The van der Waals surface area contributed by atoms with Gasteiger partial charge in [0, 0.05) is 5.39 Å². The van der Waals surface area contributed by atoms with E-state index < -0.39 is 5.97 Å². The summed E-state index contributed by atoms with van der Waals surface area (Å²) in [5.41, 5.74) is 2.52. The van der Waals surface area contributed by atoms with Crippen LogP contribution >= 0.6 is 0 Å². The molecule has 0 aliphatic carbocycles. The summed E-state index contributed by atoms with van der Waals surface area (Å²) in [6.45, 7) is 0. The molecular formula is C15H10O3. The lowest BCUT2D eigenvalue weighted by molar-refractivity contribution is 0.0698. The van der Waals surface area contributed by atoms with Crippen molar-refractivity contribution in [3.8, 4) is 11.1 Å². The Morgan fingerprint density at radius 3 is 2.56 bits per heavy atom. The van der Waals surface area contributed by atoms with Gasteiger partial charge in [0.15, 0.2) is 0 Å². The van der Waals surface area contributed by atoms with Gasteiger partial charge in [0.25, 0.3) is 0 Å². The first kappa shape index (κ1) is 10.6. The summed E-state index contributed by atoms with van der Waals surface area (Å²) in [7, 11) is 0. The van der Waals surface area contributed by atoms with Crippen LogP contribution in [0.5, 0.6) is 0 Å². The molecule has 0 saturated carbocycles. The van der Waals surface area contributed by atoms with Crippen LogP contribution in [-0.4, -0.2) is 11.1 Å². The number of carboxylic acid groups (broad SMARTS) is 1. The van der Waals surface area contributed by atoms with E-state index in [-0.39, 0.29) is 5.56 Å². The molecule has 0 fully saturated rings. The normalized spacial score (nSPS) is 10.7. The summed E-state index contributed by atoms with van der Waals surface area (Å²) in [4.78, 5) is 11.3. The van der Waals surface area contributed by atoms with Gasteiger partial charge in [-0.05, 0) is 29.3 Å². The van der Waals surface area contributed by atoms with E-state index in [1.165, 1.54) is 0 Å². The number of benzene rings is 2. The molecule has 1 aromatic heterocycles.